The second-order valence-corrected chi connectivity index (χ2v) is 6.63. The van der Waals surface area contributed by atoms with Crippen LogP contribution in [0, 0.1) is 0 Å². The fourth-order valence-electron chi connectivity index (χ4n) is 2.08. The second kappa shape index (κ2) is 16.7. The quantitative estimate of drug-likeness (QED) is 0.334. The van der Waals surface area contributed by atoms with Crippen molar-refractivity contribution in [1.82, 2.24) is 0 Å². The molecule has 0 N–H and O–H groups in total. The molecule has 0 aliphatic heterocycles. The van der Waals surface area contributed by atoms with Crippen molar-refractivity contribution in [3.8, 4) is 5.75 Å². The SMILES string of the molecule is CN(C)c1ccccc1.COc1ccccc1.Clc1ccccc1.c1ccccc1. The lowest BCUT2D eigenvalue weighted by atomic mass is 10.3. The smallest absolute Gasteiger partial charge is 0.118 e. The number of hydrogen-bond acceptors (Lipinski definition) is 2. The molecule has 0 aliphatic carbocycles. The summed E-state index contributed by atoms with van der Waals surface area (Å²) in [7, 11) is 5.74. The summed E-state index contributed by atoms with van der Waals surface area (Å²) < 4.78 is 4.91. The number of nitrogens with zero attached hydrogens (tertiary/aromatic N) is 1. The Balaban J connectivity index is 0.000000202. The molecular weight excluding hydrogens is 390 g/mol. The molecule has 2 nitrogen and oxygen atoms in total. The van der Waals surface area contributed by atoms with Gasteiger partial charge in [0.25, 0.3) is 0 Å². The Morgan fingerprint density at radius 1 is 0.533 bits per heavy atom. The first kappa shape index (κ1) is 24.8. The molecule has 0 unspecified atom stereocenters. The number of para-hydroxylation sites is 2. The zero-order chi connectivity index (χ0) is 21.9. The van der Waals surface area contributed by atoms with Crippen LogP contribution in [-0.4, -0.2) is 21.2 Å². The number of benzene rings is 4. The molecule has 3 heteroatoms. The molecule has 0 aliphatic rings. The first-order chi connectivity index (χ1) is 14.6. The van der Waals surface area contributed by atoms with Gasteiger partial charge < -0.3 is 9.64 Å². The van der Waals surface area contributed by atoms with Crippen molar-refractivity contribution >= 4 is 17.3 Å². The minimum atomic E-state index is 0.794. The van der Waals surface area contributed by atoms with E-state index in [2.05, 4.69) is 17.0 Å². The minimum absolute atomic E-state index is 0.794. The Labute approximate surface area is 186 Å². The fraction of sp³-hybridized carbons (Fsp3) is 0.111. The Morgan fingerprint density at radius 3 is 1.10 bits per heavy atom. The minimum Gasteiger partial charge on any atom is -0.497 e. The predicted octanol–water partition coefficient (Wildman–Crippen LogP) is 7.47. The molecule has 0 amide bonds. The lowest BCUT2D eigenvalue weighted by Gasteiger charge is -2.10. The molecule has 0 saturated carbocycles. The van der Waals surface area contributed by atoms with E-state index in [1.165, 1.54) is 5.69 Å². The maximum atomic E-state index is 5.54. The Hall–Kier alpha value is -3.23. The molecule has 0 fully saturated rings. The zero-order valence-corrected chi connectivity index (χ0v) is 18.6. The van der Waals surface area contributed by atoms with E-state index in [-0.39, 0.29) is 0 Å². The van der Waals surface area contributed by atoms with Gasteiger partial charge in [-0.2, -0.15) is 0 Å². The molecule has 156 valence electrons. The summed E-state index contributed by atoms with van der Waals surface area (Å²) in [6.45, 7) is 0. The van der Waals surface area contributed by atoms with Crippen molar-refractivity contribution in [1.29, 1.82) is 0 Å². The third-order valence-corrected chi connectivity index (χ3v) is 3.90. The van der Waals surface area contributed by atoms with Crippen LogP contribution in [0.25, 0.3) is 0 Å². The van der Waals surface area contributed by atoms with Crippen molar-refractivity contribution in [2.24, 2.45) is 0 Å². The first-order valence-corrected chi connectivity index (χ1v) is 10.0. The molecule has 4 aromatic carbocycles. The summed E-state index contributed by atoms with van der Waals surface area (Å²) in [6, 6.07) is 41.4. The molecule has 0 radical (unpaired) electrons. The van der Waals surface area contributed by atoms with Crippen LogP contribution in [0.3, 0.4) is 0 Å². The van der Waals surface area contributed by atoms with E-state index >= 15 is 0 Å². The van der Waals surface area contributed by atoms with Crippen LogP contribution in [-0.2, 0) is 0 Å². The Morgan fingerprint density at radius 2 is 0.867 bits per heavy atom. The Kier molecular flexibility index (Phi) is 13.8. The van der Waals surface area contributed by atoms with Crippen LogP contribution in [0.1, 0.15) is 0 Å². The molecule has 4 aromatic rings. The summed E-state index contributed by atoms with van der Waals surface area (Å²) >= 11 is 5.54. The number of methoxy groups -OCH3 is 1. The van der Waals surface area contributed by atoms with Crippen molar-refractivity contribution in [2.75, 3.05) is 26.1 Å². The highest BCUT2D eigenvalue weighted by Gasteiger charge is 1.87. The van der Waals surface area contributed by atoms with Gasteiger partial charge in [-0.15, -0.1) is 0 Å². The summed E-state index contributed by atoms with van der Waals surface area (Å²) in [4.78, 5) is 2.08. The monoisotopic (exact) mass is 419 g/mol. The van der Waals surface area contributed by atoms with Gasteiger partial charge in [-0.25, -0.2) is 0 Å². The largest absolute Gasteiger partial charge is 0.497 e. The first-order valence-electron chi connectivity index (χ1n) is 9.65. The molecule has 0 aromatic heterocycles. The highest BCUT2D eigenvalue weighted by atomic mass is 35.5. The van der Waals surface area contributed by atoms with Crippen molar-refractivity contribution in [3.05, 3.63) is 132 Å². The van der Waals surface area contributed by atoms with Gasteiger partial charge in [0.15, 0.2) is 0 Å². The third kappa shape index (κ3) is 13.0. The van der Waals surface area contributed by atoms with Gasteiger partial charge in [0, 0.05) is 24.8 Å². The molecule has 4 rings (SSSR count). The van der Waals surface area contributed by atoms with Crippen LogP contribution in [0.15, 0.2) is 127 Å². The summed E-state index contributed by atoms with van der Waals surface area (Å²) in [5, 5.41) is 0.794. The van der Waals surface area contributed by atoms with E-state index in [4.69, 9.17) is 16.3 Å². The molecule has 0 bridgehead atoms. The van der Waals surface area contributed by atoms with Gasteiger partial charge >= 0.3 is 0 Å². The van der Waals surface area contributed by atoms with Gasteiger partial charge in [0.2, 0.25) is 0 Å². The summed E-state index contributed by atoms with van der Waals surface area (Å²) in [6.07, 6.45) is 0. The standard InChI is InChI=1S/C8H11N.C7H8O.C6H5Cl.C6H6/c1-9(2)8-6-4-3-5-7-8;1-8-7-5-3-2-4-6-7;7-6-4-2-1-3-5-6;1-2-4-6-5-3-1/h3-7H,1-2H3;2-6H,1H3;1-5H;1-6H. The van der Waals surface area contributed by atoms with Crippen molar-refractivity contribution in [3.63, 3.8) is 0 Å². The molecule has 0 heterocycles. The van der Waals surface area contributed by atoms with E-state index in [9.17, 15) is 0 Å². The number of ether oxygens (including phenoxy) is 1. The van der Waals surface area contributed by atoms with Crippen LogP contribution < -0.4 is 9.64 Å². The van der Waals surface area contributed by atoms with Crippen LogP contribution >= 0.6 is 11.6 Å². The Bertz CT molecular complexity index is 827. The van der Waals surface area contributed by atoms with Gasteiger partial charge in [0.1, 0.15) is 5.75 Å². The zero-order valence-electron chi connectivity index (χ0n) is 17.9. The number of anilines is 1. The average molecular weight is 420 g/mol. The van der Waals surface area contributed by atoms with Crippen LogP contribution in [0.4, 0.5) is 5.69 Å². The molecule has 0 atom stereocenters. The number of rotatable bonds is 2. The van der Waals surface area contributed by atoms with Gasteiger partial charge in [-0.05, 0) is 36.4 Å². The second-order valence-electron chi connectivity index (χ2n) is 6.20. The lowest BCUT2D eigenvalue weighted by molar-refractivity contribution is 0.415. The third-order valence-electron chi connectivity index (χ3n) is 3.65. The maximum Gasteiger partial charge on any atom is 0.118 e. The fourth-order valence-corrected chi connectivity index (χ4v) is 2.23. The van der Waals surface area contributed by atoms with E-state index in [1.54, 1.807) is 7.11 Å². The van der Waals surface area contributed by atoms with Crippen molar-refractivity contribution < 1.29 is 4.74 Å². The normalized spacial score (nSPS) is 8.67. The predicted molar refractivity (Wildman–Crippen MR) is 132 cm³/mol. The highest BCUT2D eigenvalue weighted by Crippen LogP contribution is 2.07. The molecule has 30 heavy (non-hydrogen) atoms. The lowest BCUT2D eigenvalue weighted by Crippen LogP contribution is -2.07. The summed E-state index contributed by atoms with van der Waals surface area (Å²) in [5.41, 5.74) is 1.25. The molecule has 0 saturated heterocycles. The number of hydrogen-bond donors (Lipinski definition) is 0. The van der Waals surface area contributed by atoms with Gasteiger partial charge in [0.05, 0.1) is 7.11 Å². The van der Waals surface area contributed by atoms with Gasteiger partial charge in [-0.1, -0.05) is 103 Å². The van der Waals surface area contributed by atoms with Crippen molar-refractivity contribution in [2.45, 2.75) is 0 Å². The highest BCUT2D eigenvalue weighted by molar-refractivity contribution is 6.30. The van der Waals surface area contributed by atoms with E-state index < -0.39 is 0 Å². The van der Waals surface area contributed by atoms with Gasteiger partial charge in [-0.3, -0.25) is 0 Å². The van der Waals surface area contributed by atoms with Crippen LogP contribution in [0.5, 0.6) is 5.75 Å². The van der Waals surface area contributed by atoms with E-state index in [0.717, 1.165) is 10.8 Å². The average Bonchev–Trinajstić information content (AvgIpc) is 2.83. The number of halogens is 1. The van der Waals surface area contributed by atoms with E-state index in [0.29, 0.717) is 0 Å². The maximum absolute atomic E-state index is 5.54. The van der Waals surface area contributed by atoms with E-state index in [1.807, 2.05) is 129 Å². The topological polar surface area (TPSA) is 12.5 Å². The van der Waals surface area contributed by atoms with Crippen LogP contribution in [0.2, 0.25) is 5.02 Å². The molecular formula is C27H30ClNO. The molecule has 0 spiro atoms. The summed E-state index contributed by atoms with van der Waals surface area (Å²) in [5.74, 6) is 0.910.